The molecule has 1 aliphatic heterocycles. The van der Waals surface area contributed by atoms with Crippen LogP contribution < -0.4 is 10.6 Å². The lowest BCUT2D eigenvalue weighted by molar-refractivity contribution is -0.135. The van der Waals surface area contributed by atoms with Crippen LogP contribution in [0.5, 0.6) is 0 Å². The summed E-state index contributed by atoms with van der Waals surface area (Å²) >= 11 is 0. The van der Waals surface area contributed by atoms with Crippen LogP contribution in [0.2, 0.25) is 0 Å². The van der Waals surface area contributed by atoms with E-state index in [0.717, 1.165) is 36.1 Å². The Morgan fingerprint density at radius 1 is 1.22 bits per heavy atom. The number of aryl methyl sites for hydroxylation is 1. The summed E-state index contributed by atoms with van der Waals surface area (Å²) < 4.78 is 0. The fourth-order valence-corrected chi connectivity index (χ4v) is 4.77. The van der Waals surface area contributed by atoms with Gasteiger partial charge in [0, 0.05) is 12.5 Å². The molecule has 2 aliphatic carbocycles. The van der Waals surface area contributed by atoms with Gasteiger partial charge in [-0.05, 0) is 42.7 Å². The Balaban J connectivity index is 1.43. The first kappa shape index (κ1) is 18.0. The van der Waals surface area contributed by atoms with Gasteiger partial charge in [-0.3, -0.25) is 14.5 Å². The topological polar surface area (TPSA) is 78.5 Å². The number of nitrogens with one attached hydrogen (secondary N) is 2. The molecule has 1 heterocycles. The Hall–Kier alpha value is -2.37. The molecule has 2 fully saturated rings. The molecule has 2 N–H and O–H groups in total. The van der Waals surface area contributed by atoms with Gasteiger partial charge >= 0.3 is 6.03 Å². The third kappa shape index (κ3) is 3.33. The van der Waals surface area contributed by atoms with Crippen LogP contribution in [-0.4, -0.2) is 40.9 Å². The molecule has 1 aromatic carbocycles. The maximum Gasteiger partial charge on any atom is 0.325 e. The monoisotopic (exact) mass is 369 g/mol. The number of hydrogen-bond acceptors (Lipinski definition) is 3. The third-order valence-corrected chi connectivity index (χ3v) is 6.44. The highest BCUT2D eigenvalue weighted by Crippen LogP contribution is 2.33. The molecule has 1 saturated carbocycles. The predicted molar refractivity (Wildman–Crippen MR) is 101 cm³/mol. The summed E-state index contributed by atoms with van der Waals surface area (Å²) in [5, 5.41) is 5.92. The zero-order valence-electron chi connectivity index (χ0n) is 15.8. The Morgan fingerprint density at radius 2 is 1.96 bits per heavy atom. The van der Waals surface area contributed by atoms with Crippen molar-refractivity contribution >= 4 is 17.8 Å². The van der Waals surface area contributed by atoms with E-state index >= 15 is 0 Å². The summed E-state index contributed by atoms with van der Waals surface area (Å²) in [7, 11) is 0. The molecule has 1 saturated heterocycles. The van der Waals surface area contributed by atoms with Gasteiger partial charge < -0.3 is 10.6 Å². The molecule has 144 valence electrons. The zero-order chi connectivity index (χ0) is 19.0. The van der Waals surface area contributed by atoms with E-state index in [4.69, 9.17) is 0 Å². The molecule has 0 bridgehead atoms. The van der Waals surface area contributed by atoms with Crippen LogP contribution in [0.15, 0.2) is 24.3 Å². The molecule has 6 nitrogen and oxygen atoms in total. The first-order valence-electron chi connectivity index (χ1n) is 9.99. The summed E-state index contributed by atoms with van der Waals surface area (Å²) in [6, 6.07) is 7.72. The molecule has 0 aromatic heterocycles. The number of benzene rings is 1. The summed E-state index contributed by atoms with van der Waals surface area (Å²) in [4.78, 5) is 39.1. The molecule has 0 unspecified atom stereocenters. The number of urea groups is 1. The maximum absolute atomic E-state index is 13.1. The van der Waals surface area contributed by atoms with E-state index in [2.05, 4.69) is 23.6 Å². The molecule has 3 atom stereocenters. The molecular weight excluding hydrogens is 342 g/mol. The van der Waals surface area contributed by atoms with Crippen molar-refractivity contribution in [3.63, 3.8) is 0 Å². The molecule has 4 amide bonds. The molecule has 1 aromatic rings. The van der Waals surface area contributed by atoms with Gasteiger partial charge in [0.05, 0.1) is 0 Å². The van der Waals surface area contributed by atoms with Crippen LogP contribution in [0, 0.1) is 5.92 Å². The van der Waals surface area contributed by atoms with E-state index in [-0.39, 0.29) is 24.4 Å². The number of rotatable bonds is 3. The maximum atomic E-state index is 13.1. The van der Waals surface area contributed by atoms with Gasteiger partial charge in [0.15, 0.2) is 0 Å². The highest BCUT2D eigenvalue weighted by atomic mass is 16.2. The van der Waals surface area contributed by atoms with Crippen molar-refractivity contribution in [3.8, 4) is 0 Å². The minimum Gasteiger partial charge on any atom is -0.352 e. The third-order valence-electron chi connectivity index (χ3n) is 6.44. The quantitative estimate of drug-likeness (QED) is 0.802. The van der Waals surface area contributed by atoms with E-state index in [0.29, 0.717) is 18.8 Å². The molecule has 0 radical (unpaired) electrons. The average Bonchev–Trinajstić information content (AvgIpc) is 2.87. The smallest absolute Gasteiger partial charge is 0.325 e. The van der Waals surface area contributed by atoms with Crippen LogP contribution in [0.1, 0.15) is 50.2 Å². The van der Waals surface area contributed by atoms with Crippen molar-refractivity contribution < 1.29 is 14.4 Å². The van der Waals surface area contributed by atoms with E-state index in [1.54, 1.807) is 0 Å². The number of fused-ring (bicyclic) bond motifs is 1. The Kier molecular flexibility index (Phi) is 4.66. The van der Waals surface area contributed by atoms with Crippen molar-refractivity contribution in [1.82, 2.24) is 15.5 Å². The second kappa shape index (κ2) is 6.98. The number of imide groups is 1. The first-order chi connectivity index (χ1) is 13.0. The lowest BCUT2D eigenvalue weighted by atomic mass is 9.78. The average molecular weight is 369 g/mol. The van der Waals surface area contributed by atoms with Crippen molar-refractivity contribution in [3.05, 3.63) is 35.4 Å². The summed E-state index contributed by atoms with van der Waals surface area (Å²) in [6.45, 7) is 1.95. The number of hydrogen-bond donors (Lipinski definition) is 2. The Morgan fingerprint density at radius 3 is 2.74 bits per heavy atom. The Labute approximate surface area is 159 Å². The molecule has 4 rings (SSSR count). The van der Waals surface area contributed by atoms with Crippen LogP contribution in [0.4, 0.5) is 4.79 Å². The molecule has 27 heavy (non-hydrogen) atoms. The zero-order valence-corrected chi connectivity index (χ0v) is 15.8. The Bertz CT molecular complexity index is 778. The van der Waals surface area contributed by atoms with Crippen LogP contribution in [0.3, 0.4) is 0 Å². The summed E-state index contributed by atoms with van der Waals surface area (Å²) in [5.41, 5.74) is 1.43. The highest BCUT2D eigenvalue weighted by molar-refractivity contribution is 6.09. The number of carbonyl (C=O) groups excluding carboxylic acids is 3. The van der Waals surface area contributed by atoms with Crippen LogP contribution >= 0.6 is 0 Å². The number of carbonyl (C=O) groups is 3. The largest absolute Gasteiger partial charge is 0.352 e. The SMILES string of the molecule is C[C@H]1CCCC[C@@H]1NC(=O)CN1C(=O)N[C@]2(CCc3ccccc3C2)C1=O. The summed E-state index contributed by atoms with van der Waals surface area (Å²) in [6.07, 6.45) is 6.20. The standard InChI is InChI=1S/C21H27N3O3/c1-14-6-2-5-9-17(14)22-18(25)13-24-19(26)21(23-20(24)27)11-10-15-7-3-4-8-16(15)12-21/h3-4,7-8,14,17H,2,5-6,9-13H2,1H3,(H,22,25)(H,23,27)/t14-,17-,21-/m0/s1. The van der Waals surface area contributed by atoms with Gasteiger partial charge in [0.25, 0.3) is 5.91 Å². The predicted octanol–water partition coefficient (Wildman–Crippen LogP) is 2.16. The van der Waals surface area contributed by atoms with Gasteiger partial charge in [-0.15, -0.1) is 0 Å². The normalized spacial score (nSPS) is 30.2. The van der Waals surface area contributed by atoms with Gasteiger partial charge in [-0.2, -0.15) is 0 Å². The van der Waals surface area contributed by atoms with Gasteiger partial charge in [0.2, 0.25) is 5.91 Å². The van der Waals surface area contributed by atoms with Crippen LogP contribution in [-0.2, 0) is 22.4 Å². The van der Waals surface area contributed by atoms with Crippen LogP contribution in [0.25, 0.3) is 0 Å². The summed E-state index contributed by atoms with van der Waals surface area (Å²) in [5.74, 6) is -0.0775. The number of amides is 4. The molecule has 3 aliphatic rings. The van der Waals surface area contributed by atoms with E-state index in [9.17, 15) is 14.4 Å². The highest BCUT2D eigenvalue weighted by Gasteiger charge is 2.52. The van der Waals surface area contributed by atoms with Gasteiger partial charge in [-0.1, -0.05) is 44.0 Å². The number of nitrogens with zero attached hydrogens (tertiary/aromatic N) is 1. The van der Waals surface area contributed by atoms with Crippen molar-refractivity contribution in [2.24, 2.45) is 5.92 Å². The second-order valence-corrected chi connectivity index (χ2v) is 8.28. The fraction of sp³-hybridized carbons (Fsp3) is 0.571. The molecular formula is C21H27N3O3. The van der Waals surface area contributed by atoms with E-state index < -0.39 is 11.6 Å². The molecule has 6 heteroatoms. The van der Waals surface area contributed by atoms with E-state index in [1.165, 1.54) is 12.0 Å². The van der Waals surface area contributed by atoms with E-state index in [1.807, 2.05) is 18.2 Å². The van der Waals surface area contributed by atoms with Crippen molar-refractivity contribution in [2.75, 3.05) is 6.54 Å². The van der Waals surface area contributed by atoms with Gasteiger partial charge in [-0.25, -0.2) is 4.79 Å². The lowest BCUT2D eigenvalue weighted by Gasteiger charge is -2.32. The van der Waals surface area contributed by atoms with Crippen molar-refractivity contribution in [1.29, 1.82) is 0 Å². The fourth-order valence-electron chi connectivity index (χ4n) is 4.77. The van der Waals surface area contributed by atoms with Gasteiger partial charge in [0.1, 0.15) is 12.1 Å². The minimum atomic E-state index is -0.899. The lowest BCUT2D eigenvalue weighted by Crippen LogP contribution is -2.52. The van der Waals surface area contributed by atoms with Crippen molar-refractivity contribution in [2.45, 2.75) is 63.5 Å². The first-order valence-corrected chi connectivity index (χ1v) is 9.99. The second-order valence-electron chi connectivity index (χ2n) is 8.28. The molecule has 1 spiro atoms. The minimum absolute atomic E-state index is 0.141.